The van der Waals surface area contributed by atoms with Gasteiger partial charge < -0.3 is 10.6 Å². The number of ketones is 1. The number of likely N-dealkylation sites (N-methyl/N-ethyl adjacent to an activating group) is 1. The molecule has 0 radical (unpaired) electrons. The van der Waals surface area contributed by atoms with Gasteiger partial charge in [0.15, 0.2) is 17.4 Å². The van der Waals surface area contributed by atoms with E-state index in [1.54, 1.807) is 6.07 Å². The molecule has 0 bridgehead atoms. The van der Waals surface area contributed by atoms with E-state index in [1.807, 2.05) is 13.8 Å². The number of Topliss-reactive ketones (excluding diaryl/α,β-unsaturated/α-hetero) is 1. The van der Waals surface area contributed by atoms with Gasteiger partial charge in [-0.05, 0) is 37.6 Å². The Kier molecular flexibility index (Phi) is 6.79. The topological polar surface area (TPSA) is 75.3 Å². The normalized spacial score (nSPS) is 11.7. The van der Waals surface area contributed by atoms with Crippen LogP contribution in [0.3, 0.4) is 0 Å². The Balaban J connectivity index is 2.05. The van der Waals surface area contributed by atoms with E-state index >= 15 is 0 Å². The summed E-state index contributed by atoms with van der Waals surface area (Å²) in [6, 6.07) is 3.57. The van der Waals surface area contributed by atoms with Gasteiger partial charge in [0.05, 0.1) is 0 Å². The van der Waals surface area contributed by atoms with E-state index in [9.17, 15) is 23.2 Å². The Morgan fingerprint density at radius 3 is 2.33 bits per heavy atom. The number of hydrogen-bond donors (Lipinski definition) is 2. The lowest BCUT2D eigenvalue weighted by atomic mass is 10.0. The molecule has 144 valence electrons. The summed E-state index contributed by atoms with van der Waals surface area (Å²) in [7, 11) is 1.37. The van der Waals surface area contributed by atoms with Crippen molar-refractivity contribution >= 4 is 28.9 Å². The van der Waals surface area contributed by atoms with Crippen LogP contribution in [0.4, 0.5) is 8.78 Å². The van der Waals surface area contributed by atoms with E-state index in [4.69, 9.17) is 0 Å². The molecule has 1 aromatic carbocycles. The Morgan fingerprint density at radius 2 is 1.78 bits per heavy atom. The number of nitrogens with one attached hydrogen (secondary N) is 2. The highest BCUT2D eigenvalue weighted by Crippen LogP contribution is 2.22. The number of carbonyl (C=O) groups is 3. The number of hydrogen-bond acceptors (Lipinski definition) is 4. The zero-order valence-corrected chi connectivity index (χ0v) is 16.0. The summed E-state index contributed by atoms with van der Waals surface area (Å²) < 4.78 is 26.6. The third-order valence-corrected chi connectivity index (χ3v) is 4.98. The monoisotopic (exact) mass is 394 g/mol. The van der Waals surface area contributed by atoms with Gasteiger partial charge in [0, 0.05) is 35.2 Å². The van der Waals surface area contributed by atoms with Crippen molar-refractivity contribution in [1.29, 1.82) is 0 Å². The second-order valence-electron chi connectivity index (χ2n) is 6.04. The highest BCUT2D eigenvalue weighted by Gasteiger charge is 2.23. The lowest BCUT2D eigenvalue weighted by Crippen LogP contribution is -2.39. The molecular formula is C19H20F2N2O3S. The van der Waals surface area contributed by atoms with Crippen molar-refractivity contribution in [2.45, 2.75) is 32.7 Å². The first-order chi connectivity index (χ1) is 12.7. The van der Waals surface area contributed by atoms with Crippen LogP contribution in [0.2, 0.25) is 0 Å². The van der Waals surface area contributed by atoms with Gasteiger partial charge in [-0.1, -0.05) is 6.07 Å². The highest BCUT2D eigenvalue weighted by atomic mass is 32.1. The zero-order chi connectivity index (χ0) is 20.1. The molecule has 0 aliphatic carbocycles. The van der Waals surface area contributed by atoms with E-state index < -0.39 is 29.5 Å². The molecule has 1 unspecified atom stereocenters. The molecule has 1 atom stereocenters. The zero-order valence-electron chi connectivity index (χ0n) is 15.2. The second kappa shape index (κ2) is 8.85. The number of rotatable bonds is 7. The van der Waals surface area contributed by atoms with E-state index in [1.165, 1.54) is 24.5 Å². The third kappa shape index (κ3) is 5.19. The molecule has 8 heteroatoms. The van der Waals surface area contributed by atoms with E-state index in [-0.39, 0.29) is 24.2 Å². The molecule has 2 aromatic rings. The molecule has 2 N–H and O–H groups in total. The van der Waals surface area contributed by atoms with Crippen LogP contribution in [0.15, 0.2) is 24.3 Å². The highest BCUT2D eigenvalue weighted by molar-refractivity contribution is 7.12. The Hall–Kier alpha value is -2.61. The molecule has 0 aliphatic rings. The summed E-state index contributed by atoms with van der Waals surface area (Å²) >= 11 is 1.51. The SMILES string of the molecule is CNC(=O)C(NC(=O)CCC(=O)c1cc(C)sc1C)c1ccc(F)c(F)c1. The van der Waals surface area contributed by atoms with Crippen molar-refractivity contribution in [3.05, 3.63) is 56.8 Å². The van der Waals surface area contributed by atoms with Gasteiger partial charge in [0.2, 0.25) is 11.8 Å². The summed E-state index contributed by atoms with van der Waals surface area (Å²) in [5, 5.41) is 4.84. The van der Waals surface area contributed by atoms with Crippen LogP contribution in [0.5, 0.6) is 0 Å². The van der Waals surface area contributed by atoms with Crippen molar-refractivity contribution in [3.8, 4) is 0 Å². The lowest BCUT2D eigenvalue weighted by molar-refractivity contribution is -0.128. The Bertz CT molecular complexity index is 880. The molecule has 2 amide bonds. The van der Waals surface area contributed by atoms with Crippen LogP contribution in [-0.4, -0.2) is 24.6 Å². The minimum absolute atomic E-state index is 0.0128. The van der Waals surface area contributed by atoms with Crippen molar-refractivity contribution in [2.75, 3.05) is 7.05 Å². The predicted octanol–water partition coefficient (Wildman–Crippen LogP) is 3.21. The minimum Gasteiger partial charge on any atom is -0.357 e. The van der Waals surface area contributed by atoms with E-state index in [0.717, 1.165) is 21.9 Å². The fraction of sp³-hybridized carbons (Fsp3) is 0.316. The van der Waals surface area contributed by atoms with E-state index in [0.29, 0.717) is 5.56 Å². The molecule has 1 heterocycles. The molecule has 1 aromatic heterocycles. The van der Waals surface area contributed by atoms with Crippen LogP contribution in [-0.2, 0) is 9.59 Å². The maximum atomic E-state index is 13.5. The number of carbonyl (C=O) groups excluding carboxylic acids is 3. The number of aryl methyl sites for hydroxylation is 2. The molecule has 27 heavy (non-hydrogen) atoms. The average Bonchev–Trinajstić information content (AvgIpc) is 2.97. The van der Waals surface area contributed by atoms with Crippen LogP contribution in [0.1, 0.15) is 44.6 Å². The molecule has 0 saturated heterocycles. The van der Waals surface area contributed by atoms with Gasteiger partial charge in [-0.15, -0.1) is 11.3 Å². The number of halogens is 2. The first-order valence-corrected chi connectivity index (χ1v) is 9.10. The minimum atomic E-state index is -1.18. The van der Waals surface area contributed by atoms with Crippen LogP contribution >= 0.6 is 11.3 Å². The van der Waals surface area contributed by atoms with Gasteiger partial charge in [-0.3, -0.25) is 14.4 Å². The van der Waals surface area contributed by atoms with Gasteiger partial charge in [0.1, 0.15) is 6.04 Å². The molecular weight excluding hydrogens is 374 g/mol. The maximum Gasteiger partial charge on any atom is 0.246 e. The quantitative estimate of drug-likeness (QED) is 0.708. The standard InChI is InChI=1S/C19H20F2N2O3S/c1-10-8-13(11(2)27-10)16(24)6-7-17(25)23-18(19(26)22-3)12-4-5-14(20)15(21)9-12/h4-5,8-9,18H,6-7H2,1-3H3,(H,22,26)(H,23,25). The first kappa shape index (κ1) is 20.7. The Labute approximate surface area is 159 Å². The molecule has 2 rings (SSSR count). The largest absolute Gasteiger partial charge is 0.357 e. The average molecular weight is 394 g/mol. The lowest BCUT2D eigenvalue weighted by Gasteiger charge is -2.18. The summed E-state index contributed by atoms with van der Waals surface area (Å²) in [4.78, 5) is 38.4. The molecule has 0 saturated carbocycles. The number of thiophene rings is 1. The van der Waals surface area contributed by atoms with Crippen LogP contribution in [0.25, 0.3) is 0 Å². The smallest absolute Gasteiger partial charge is 0.246 e. The van der Waals surface area contributed by atoms with Crippen molar-refractivity contribution in [2.24, 2.45) is 0 Å². The number of benzene rings is 1. The van der Waals surface area contributed by atoms with Crippen LogP contribution < -0.4 is 10.6 Å². The van der Waals surface area contributed by atoms with Crippen molar-refractivity contribution in [1.82, 2.24) is 10.6 Å². The first-order valence-electron chi connectivity index (χ1n) is 8.29. The van der Waals surface area contributed by atoms with E-state index in [2.05, 4.69) is 10.6 Å². The number of amides is 2. The van der Waals surface area contributed by atoms with Crippen LogP contribution in [0, 0.1) is 25.5 Å². The van der Waals surface area contributed by atoms with Crippen molar-refractivity contribution in [3.63, 3.8) is 0 Å². The van der Waals surface area contributed by atoms with Gasteiger partial charge in [-0.25, -0.2) is 8.78 Å². The van der Waals surface area contributed by atoms with Gasteiger partial charge in [0.25, 0.3) is 0 Å². The molecule has 0 spiro atoms. The third-order valence-electron chi connectivity index (χ3n) is 4.01. The molecule has 0 aliphatic heterocycles. The summed E-state index contributed by atoms with van der Waals surface area (Å²) in [5.74, 6) is -3.44. The second-order valence-corrected chi connectivity index (χ2v) is 7.50. The van der Waals surface area contributed by atoms with Gasteiger partial charge in [-0.2, -0.15) is 0 Å². The summed E-state index contributed by atoms with van der Waals surface area (Å²) in [6.45, 7) is 3.74. The summed E-state index contributed by atoms with van der Waals surface area (Å²) in [5.41, 5.74) is 0.700. The predicted molar refractivity (Wildman–Crippen MR) is 98.7 cm³/mol. The summed E-state index contributed by atoms with van der Waals surface area (Å²) in [6.07, 6.45) is -0.134. The fourth-order valence-electron chi connectivity index (χ4n) is 2.64. The fourth-order valence-corrected chi connectivity index (χ4v) is 3.58. The molecule has 5 nitrogen and oxygen atoms in total. The molecule has 0 fully saturated rings. The van der Waals surface area contributed by atoms with Crippen molar-refractivity contribution < 1.29 is 23.2 Å². The Morgan fingerprint density at radius 1 is 1.07 bits per heavy atom. The maximum absolute atomic E-state index is 13.5. The van der Waals surface area contributed by atoms with Gasteiger partial charge >= 0.3 is 0 Å².